The molecule has 1 unspecified atom stereocenters. The highest BCUT2D eigenvalue weighted by Gasteiger charge is 2.29. The third-order valence-corrected chi connectivity index (χ3v) is 9.96. The van der Waals surface area contributed by atoms with E-state index in [9.17, 15) is 22.4 Å². The van der Waals surface area contributed by atoms with Gasteiger partial charge in [-0.25, -0.2) is 17.8 Å². The van der Waals surface area contributed by atoms with Crippen molar-refractivity contribution in [2.75, 3.05) is 18.1 Å². The minimum absolute atomic E-state index is 0.0902. The van der Waals surface area contributed by atoms with Crippen molar-refractivity contribution in [1.82, 2.24) is 9.29 Å². The Morgan fingerprint density at radius 3 is 2.74 bits per heavy atom. The van der Waals surface area contributed by atoms with Crippen molar-refractivity contribution in [2.45, 2.75) is 24.7 Å². The molecule has 1 fully saturated rings. The first-order valence-corrected chi connectivity index (χ1v) is 15.5. The first kappa shape index (κ1) is 27.9. The molecule has 1 saturated heterocycles. The Labute approximate surface area is 244 Å². The summed E-state index contributed by atoms with van der Waals surface area (Å²) in [5.74, 6) is -0.799. The standard InChI is InChI=1S/C30H25FN4O5S2/c1-19-5-4-14-34(17-19)42(38,39)23-11-8-20(9-12-23)29(37)35(30-33-25-13-10-22(31)15-27(25)41-30)32-16-21-18-40-26-7-3-2-6-24(26)28(21)36/h2-3,6-13,15-16,18-19H,4-5,14,17H2,1H3/b32-16+. The lowest BCUT2D eigenvalue weighted by Gasteiger charge is -2.30. The van der Waals surface area contributed by atoms with Crippen molar-refractivity contribution in [3.8, 4) is 0 Å². The summed E-state index contributed by atoms with van der Waals surface area (Å²) >= 11 is 1.05. The maximum Gasteiger partial charge on any atom is 0.280 e. The van der Waals surface area contributed by atoms with Gasteiger partial charge in [0.15, 0.2) is 0 Å². The van der Waals surface area contributed by atoms with Crippen LogP contribution in [0.15, 0.2) is 92.2 Å². The van der Waals surface area contributed by atoms with E-state index in [0.717, 1.165) is 29.2 Å². The fourth-order valence-corrected chi connectivity index (χ4v) is 7.42. The second kappa shape index (κ2) is 11.2. The van der Waals surface area contributed by atoms with E-state index < -0.39 is 21.7 Å². The molecule has 12 heteroatoms. The molecule has 3 heterocycles. The first-order valence-electron chi connectivity index (χ1n) is 13.3. The minimum Gasteiger partial charge on any atom is -0.463 e. The number of fused-ring (bicyclic) bond motifs is 2. The van der Waals surface area contributed by atoms with Gasteiger partial charge in [-0.1, -0.05) is 30.4 Å². The predicted molar refractivity (Wildman–Crippen MR) is 160 cm³/mol. The first-order chi connectivity index (χ1) is 20.2. The molecule has 214 valence electrons. The Bertz CT molecular complexity index is 2000. The number of rotatable bonds is 6. The number of benzene rings is 3. The molecule has 0 bridgehead atoms. The number of piperidine rings is 1. The molecule has 5 aromatic rings. The number of sulfonamides is 1. The van der Waals surface area contributed by atoms with Crippen molar-refractivity contribution in [1.29, 1.82) is 0 Å². The molecule has 2 aromatic heterocycles. The molecular weight excluding hydrogens is 579 g/mol. The van der Waals surface area contributed by atoms with Crippen LogP contribution in [0.5, 0.6) is 0 Å². The Kier molecular flexibility index (Phi) is 7.43. The van der Waals surface area contributed by atoms with E-state index in [2.05, 4.69) is 10.1 Å². The van der Waals surface area contributed by atoms with Crippen LogP contribution < -0.4 is 10.4 Å². The number of aromatic nitrogens is 1. The van der Waals surface area contributed by atoms with Crippen molar-refractivity contribution in [3.05, 3.63) is 100 Å². The number of hydrogen-bond acceptors (Lipinski definition) is 8. The molecule has 6 rings (SSSR count). The van der Waals surface area contributed by atoms with E-state index >= 15 is 0 Å². The summed E-state index contributed by atoms with van der Waals surface area (Å²) in [5, 5.41) is 5.81. The predicted octanol–water partition coefficient (Wildman–Crippen LogP) is 5.64. The van der Waals surface area contributed by atoms with Gasteiger partial charge in [0.1, 0.15) is 17.7 Å². The summed E-state index contributed by atoms with van der Waals surface area (Å²) in [6.45, 7) is 2.93. The molecule has 0 N–H and O–H groups in total. The number of carbonyl (C=O) groups is 1. The number of para-hydroxylation sites is 1. The summed E-state index contributed by atoms with van der Waals surface area (Å²) in [6.07, 6.45) is 4.24. The fourth-order valence-electron chi connectivity index (χ4n) is 4.87. The molecular formula is C30H25FN4O5S2. The number of halogens is 1. The Balaban J connectivity index is 1.36. The lowest BCUT2D eigenvalue weighted by Crippen LogP contribution is -2.39. The molecule has 0 saturated carbocycles. The van der Waals surface area contributed by atoms with Crippen molar-refractivity contribution in [3.63, 3.8) is 0 Å². The highest BCUT2D eigenvalue weighted by atomic mass is 32.2. The van der Waals surface area contributed by atoms with Crippen LogP contribution in [0.3, 0.4) is 0 Å². The molecule has 1 atom stereocenters. The zero-order chi connectivity index (χ0) is 29.4. The number of anilines is 1. The van der Waals surface area contributed by atoms with Crippen LogP contribution in [0.2, 0.25) is 0 Å². The lowest BCUT2D eigenvalue weighted by molar-refractivity contribution is 0.0987. The van der Waals surface area contributed by atoms with Crippen LogP contribution in [0.25, 0.3) is 21.2 Å². The van der Waals surface area contributed by atoms with Gasteiger partial charge < -0.3 is 4.42 Å². The van der Waals surface area contributed by atoms with Gasteiger partial charge in [0, 0.05) is 18.7 Å². The monoisotopic (exact) mass is 604 g/mol. The van der Waals surface area contributed by atoms with Gasteiger partial charge in [-0.05, 0) is 73.4 Å². The molecule has 1 aliphatic rings. The zero-order valence-electron chi connectivity index (χ0n) is 22.4. The number of hydrazone groups is 1. The average molecular weight is 605 g/mol. The highest BCUT2D eigenvalue weighted by Crippen LogP contribution is 2.31. The summed E-state index contributed by atoms with van der Waals surface area (Å²) < 4.78 is 47.8. The van der Waals surface area contributed by atoms with E-state index in [1.165, 1.54) is 59.2 Å². The van der Waals surface area contributed by atoms with Crippen LogP contribution in [0, 0.1) is 11.7 Å². The van der Waals surface area contributed by atoms with Gasteiger partial charge >= 0.3 is 0 Å². The molecule has 9 nitrogen and oxygen atoms in total. The summed E-state index contributed by atoms with van der Waals surface area (Å²) in [4.78, 5) is 31.3. The second-order valence-corrected chi connectivity index (χ2v) is 13.1. The highest BCUT2D eigenvalue weighted by molar-refractivity contribution is 7.89. The summed E-state index contributed by atoms with van der Waals surface area (Å²) in [7, 11) is -3.71. The van der Waals surface area contributed by atoms with Gasteiger partial charge in [0.2, 0.25) is 20.6 Å². The van der Waals surface area contributed by atoms with Crippen molar-refractivity contribution < 1.29 is 22.0 Å². The van der Waals surface area contributed by atoms with E-state index in [4.69, 9.17) is 4.42 Å². The molecule has 42 heavy (non-hydrogen) atoms. The molecule has 1 aliphatic heterocycles. The van der Waals surface area contributed by atoms with Crippen molar-refractivity contribution >= 4 is 59.8 Å². The number of hydrogen-bond donors (Lipinski definition) is 0. The molecule has 3 aromatic carbocycles. The van der Waals surface area contributed by atoms with Gasteiger partial charge in [-0.15, -0.1) is 0 Å². The lowest BCUT2D eigenvalue weighted by atomic mass is 10.0. The Hall–Kier alpha value is -4.26. The van der Waals surface area contributed by atoms with Crippen LogP contribution >= 0.6 is 11.3 Å². The molecule has 1 amide bonds. The number of thiazole rings is 1. The van der Waals surface area contributed by atoms with Crippen LogP contribution in [-0.2, 0) is 10.0 Å². The second-order valence-electron chi connectivity index (χ2n) is 10.1. The molecule has 0 spiro atoms. The SMILES string of the molecule is CC1CCCN(S(=O)(=O)c2ccc(C(=O)N(/N=C/c3coc4ccccc4c3=O)c3nc4ccc(F)cc4s3)cc2)C1. The van der Waals surface area contributed by atoms with Gasteiger partial charge in [-0.3, -0.25) is 9.59 Å². The van der Waals surface area contributed by atoms with Gasteiger partial charge in [0.05, 0.1) is 32.3 Å². The topological polar surface area (TPSA) is 113 Å². The van der Waals surface area contributed by atoms with E-state index in [1.54, 1.807) is 24.3 Å². The normalized spacial score (nSPS) is 16.4. The number of carbonyl (C=O) groups excluding carboxylic acids is 1. The fraction of sp³-hybridized carbons (Fsp3) is 0.200. The van der Waals surface area contributed by atoms with Crippen molar-refractivity contribution in [2.24, 2.45) is 11.0 Å². The maximum atomic E-state index is 13.9. The largest absolute Gasteiger partial charge is 0.463 e. The number of nitrogens with zero attached hydrogens (tertiary/aromatic N) is 4. The zero-order valence-corrected chi connectivity index (χ0v) is 24.1. The quantitative estimate of drug-likeness (QED) is 0.183. The molecule has 0 radical (unpaired) electrons. The van der Waals surface area contributed by atoms with Crippen LogP contribution in [-0.4, -0.2) is 42.9 Å². The third kappa shape index (κ3) is 5.36. The smallest absolute Gasteiger partial charge is 0.280 e. The minimum atomic E-state index is -3.71. The Morgan fingerprint density at radius 1 is 1.17 bits per heavy atom. The van der Waals surface area contributed by atoms with Gasteiger partial charge in [0.25, 0.3) is 5.91 Å². The van der Waals surface area contributed by atoms with Gasteiger partial charge in [-0.2, -0.15) is 14.4 Å². The summed E-state index contributed by atoms with van der Waals surface area (Å²) in [5.41, 5.74) is 0.799. The average Bonchev–Trinajstić information content (AvgIpc) is 3.41. The number of amides is 1. The van der Waals surface area contributed by atoms with Crippen LogP contribution in [0.1, 0.15) is 35.7 Å². The van der Waals surface area contributed by atoms with E-state index in [1.807, 2.05) is 6.92 Å². The maximum absolute atomic E-state index is 13.9. The summed E-state index contributed by atoms with van der Waals surface area (Å²) in [6, 6.07) is 16.5. The third-order valence-electron chi connectivity index (χ3n) is 7.09. The van der Waals surface area contributed by atoms with E-state index in [-0.39, 0.29) is 32.5 Å². The molecule has 0 aliphatic carbocycles. The Morgan fingerprint density at radius 2 is 1.95 bits per heavy atom. The van der Waals surface area contributed by atoms with Crippen LogP contribution in [0.4, 0.5) is 9.52 Å². The van der Waals surface area contributed by atoms with E-state index in [0.29, 0.717) is 34.3 Å².